The minimum Gasteiger partial charge on any atom is -0.394 e. The number of thiophene rings is 1. The first-order valence-corrected chi connectivity index (χ1v) is 11.2. The number of benzene rings is 2. The van der Waals surface area contributed by atoms with Crippen LogP contribution < -0.4 is 0 Å². The minimum atomic E-state index is -0.432. The highest BCUT2D eigenvalue weighted by Gasteiger charge is 2.29. The Morgan fingerprint density at radius 2 is 1.90 bits per heavy atom. The van der Waals surface area contributed by atoms with Crippen molar-refractivity contribution in [2.45, 2.75) is 44.5 Å². The van der Waals surface area contributed by atoms with E-state index in [0.29, 0.717) is 12.8 Å². The Bertz CT molecular complexity index is 1010. The summed E-state index contributed by atoms with van der Waals surface area (Å²) in [7, 11) is 0. The van der Waals surface area contributed by atoms with E-state index in [9.17, 15) is 10.2 Å². The first-order chi connectivity index (χ1) is 14.6. The van der Waals surface area contributed by atoms with Crippen molar-refractivity contribution >= 4 is 17.4 Å². The summed E-state index contributed by atoms with van der Waals surface area (Å²) in [5.41, 5.74) is 5.94. The van der Waals surface area contributed by atoms with E-state index in [1.165, 1.54) is 26.4 Å². The summed E-state index contributed by atoms with van der Waals surface area (Å²) in [6, 6.07) is 19.3. The second kappa shape index (κ2) is 9.27. The van der Waals surface area contributed by atoms with Crippen LogP contribution in [-0.2, 0) is 11.2 Å². The highest BCUT2D eigenvalue weighted by molar-refractivity contribution is 7.15. The van der Waals surface area contributed by atoms with Crippen LogP contribution in [-0.4, -0.2) is 29.0 Å². The van der Waals surface area contributed by atoms with Crippen LogP contribution in [0.5, 0.6) is 0 Å². The third-order valence-corrected chi connectivity index (χ3v) is 6.92. The highest BCUT2D eigenvalue weighted by Crippen LogP contribution is 2.34. The predicted octanol–water partition coefficient (Wildman–Crippen LogP) is 5.53. The van der Waals surface area contributed by atoms with Gasteiger partial charge < -0.3 is 14.9 Å². The molecule has 1 aromatic heterocycles. The van der Waals surface area contributed by atoms with E-state index in [1.54, 1.807) is 0 Å². The molecule has 0 saturated carbocycles. The number of hydrogen-bond acceptors (Lipinski definition) is 4. The van der Waals surface area contributed by atoms with Gasteiger partial charge in [0, 0.05) is 29.0 Å². The molecule has 0 spiro atoms. The molecule has 156 valence electrons. The molecule has 1 aliphatic rings. The SMILES string of the molecule is C=Cc1ccc(-c2ccc(Cc3cc(C4CC(O)CC(CO)O4)ccc3C)s2)cc1. The molecule has 3 unspecified atom stereocenters. The monoisotopic (exact) mass is 420 g/mol. The van der Waals surface area contributed by atoms with E-state index in [1.807, 2.05) is 17.4 Å². The van der Waals surface area contributed by atoms with Gasteiger partial charge in [-0.15, -0.1) is 11.3 Å². The van der Waals surface area contributed by atoms with Crippen LogP contribution in [0.25, 0.3) is 16.5 Å². The summed E-state index contributed by atoms with van der Waals surface area (Å²) in [6.45, 7) is 5.89. The summed E-state index contributed by atoms with van der Waals surface area (Å²) in [4.78, 5) is 2.58. The molecule has 1 saturated heterocycles. The Morgan fingerprint density at radius 3 is 2.63 bits per heavy atom. The lowest BCUT2D eigenvalue weighted by Gasteiger charge is -2.32. The van der Waals surface area contributed by atoms with Crippen LogP contribution >= 0.6 is 11.3 Å². The first-order valence-electron chi connectivity index (χ1n) is 10.4. The topological polar surface area (TPSA) is 49.7 Å². The first kappa shape index (κ1) is 21.0. The molecule has 3 aromatic rings. The van der Waals surface area contributed by atoms with Crippen LogP contribution in [0.15, 0.2) is 61.2 Å². The number of aliphatic hydroxyl groups is 2. The zero-order valence-corrected chi connectivity index (χ0v) is 18.1. The molecule has 3 nitrogen and oxygen atoms in total. The third kappa shape index (κ3) is 4.73. The normalized spacial score (nSPS) is 21.5. The maximum Gasteiger partial charge on any atom is 0.0854 e. The summed E-state index contributed by atoms with van der Waals surface area (Å²) < 4.78 is 6.00. The molecule has 2 N–H and O–H groups in total. The van der Waals surface area contributed by atoms with Gasteiger partial charge in [0.15, 0.2) is 0 Å². The van der Waals surface area contributed by atoms with Gasteiger partial charge in [0.25, 0.3) is 0 Å². The molecule has 30 heavy (non-hydrogen) atoms. The molecular weight excluding hydrogens is 392 g/mol. The van der Waals surface area contributed by atoms with E-state index in [4.69, 9.17) is 4.74 Å². The van der Waals surface area contributed by atoms with Gasteiger partial charge in [-0.25, -0.2) is 0 Å². The fraction of sp³-hybridized carbons (Fsp3) is 0.308. The molecule has 3 atom stereocenters. The molecule has 0 aliphatic carbocycles. The molecule has 0 amide bonds. The van der Waals surface area contributed by atoms with Gasteiger partial charge in [-0.2, -0.15) is 0 Å². The van der Waals surface area contributed by atoms with Crippen molar-refractivity contribution in [3.63, 3.8) is 0 Å². The lowest BCUT2D eigenvalue weighted by Crippen LogP contribution is -2.33. The van der Waals surface area contributed by atoms with Gasteiger partial charge in [0.05, 0.1) is 24.9 Å². The molecule has 4 rings (SSSR count). The molecule has 1 aliphatic heterocycles. The standard InChI is InChI=1S/C26H28O3S/c1-3-18-5-8-19(9-6-18)26-11-10-24(30-26)13-21-12-20(7-4-17(21)2)25-15-22(28)14-23(16-27)29-25/h3-12,22-23,25,27-28H,1,13-16H2,2H3. The van der Waals surface area contributed by atoms with E-state index in [-0.39, 0.29) is 18.8 Å². The fourth-order valence-corrected chi connectivity index (χ4v) is 5.04. The molecule has 2 aromatic carbocycles. The van der Waals surface area contributed by atoms with Crippen molar-refractivity contribution in [1.82, 2.24) is 0 Å². The Balaban J connectivity index is 1.53. The van der Waals surface area contributed by atoms with Gasteiger partial charge in [-0.05, 0) is 46.9 Å². The predicted molar refractivity (Wildman–Crippen MR) is 124 cm³/mol. The summed E-state index contributed by atoms with van der Waals surface area (Å²) in [5.74, 6) is 0. The van der Waals surface area contributed by atoms with Gasteiger partial charge >= 0.3 is 0 Å². The van der Waals surface area contributed by atoms with Crippen molar-refractivity contribution in [3.05, 3.63) is 88.3 Å². The largest absolute Gasteiger partial charge is 0.394 e. The molecule has 1 fully saturated rings. The molecule has 2 heterocycles. The lowest BCUT2D eigenvalue weighted by molar-refractivity contribution is -0.113. The summed E-state index contributed by atoms with van der Waals surface area (Å²) >= 11 is 1.82. The Kier molecular flexibility index (Phi) is 6.49. The van der Waals surface area contributed by atoms with Crippen LogP contribution in [0.4, 0.5) is 0 Å². The molecule has 4 heteroatoms. The van der Waals surface area contributed by atoms with E-state index >= 15 is 0 Å². The van der Waals surface area contributed by atoms with Gasteiger partial charge in [-0.1, -0.05) is 55.1 Å². The highest BCUT2D eigenvalue weighted by atomic mass is 32.1. The number of ether oxygens (including phenoxy) is 1. The second-order valence-corrected chi connectivity index (χ2v) is 9.18. The Labute approximate surface area is 182 Å². The van der Waals surface area contributed by atoms with Crippen molar-refractivity contribution in [3.8, 4) is 10.4 Å². The third-order valence-electron chi connectivity index (χ3n) is 5.78. The quantitative estimate of drug-likeness (QED) is 0.551. The van der Waals surface area contributed by atoms with Gasteiger partial charge in [-0.3, -0.25) is 0 Å². The van der Waals surface area contributed by atoms with Crippen molar-refractivity contribution in [1.29, 1.82) is 0 Å². The average molecular weight is 421 g/mol. The van der Waals surface area contributed by atoms with Crippen LogP contribution in [0.3, 0.4) is 0 Å². The maximum absolute atomic E-state index is 10.2. The zero-order chi connectivity index (χ0) is 21.1. The number of aliphatic hydroxyl groups excluding tert-OH is 2. The van der Waals surface area contributed by atoms with E-state index in [2.05, 4.69) is 68.1 Å². The van der Waals surface area contributed by atoms with Crippen molar-refractivity contribution < 1.29 is 14.9 Å². The van der Waals surface area contributed by atoms with Crippen LogP contribution in [0, 0.1) is 6.92 Å². The van der Waals surface area contributed by atoms with Gasteiger partial charge in [0.1, 0.15) is 0 Å². The molecule has 0 radical (unpaired) electrons. The number of aryl methyl sites for hydroxylation is 1. The Hall–Kier alpha value is -2.24. The smallest absolute Gasteiger partial charge is 0.0854 e. The lowest BCUT2D eigenvalue weighted by atomic mass is 9.93. The Morgan fingerprint density at radius 1 is 1.10 bits per heavy atom. The summed E-state index contributed by atoms with van der Waals surface area (Å²) in [5, 5.41) is 19.6. The number of hydrogen-bond donors (Lipinski definition) is 2. The molecule has 0 bridgehead atoms. The van der Waals surface area contributed by atoms with Crippen molar-refractivity contribution in [2.75, 3.05) is 6.61 Å². The second-order valence-electron chi connectivity index (χ2n) is 8.01. The van der Waals surface area contributed by atoms with E-state index in [0.717, 1.165) is 17.5 Å². The fourth-order valence-electron chi connectivity index (χ4n) is 4.00. The zero-order valence-electron chi connectivity index (χ0n) is 17.3. The van der Waals surface area contributed by atoms with Crippen LogP contribution in [0.1, 0.15) is 46.1 Å². The van der Waals surface area contributed by atoms with Gasteiger partial charge in [0.2, 0.25) is 0 Å². The molecular formula is C26H28O3S. The number of rotatable bonds is 6. The average Bonchev–Trinajstić information content (AvgIpc) is 3.23. The summed E-state index contributed by atoms with van der Waals surface area (Å²) in [6.07, 6.45) is 2.90. The maximum atomic E-state index is 10.2. The van der Waals surface area contributed by atoms with Crippen LogP contribution in [0.2, 0.25) is 0 Å². The van der Waals surface area contributed by atoms with E-state index < -0.39 is 6.10 Å². The minimum absolute atomic E-state index is 0.0575. The van der Waals surface area contributed by atoms with Crippen molar-refractivity contribution in [2.24, 2.45) is 0 Å².